The highest BCUT2D eigenvalue weighted by Gasteiger charge is 2.30. The Morgan fingerprint density at radius 2 is 1.74 bits per heavy atom. The zero-order valence-electron chi connectivity index (χ0n) is 15.7. The highest BCUT2D eigenvalue weighted by atomic mass is 31.2. The minimum Gasteiger partial charge on any atom is -0.382 e. The Morgan fingerprint density at radius 1 is 1.11 bits per heavy atom. The van der Waals surface area contributed by atoms with Gasteiger partial charge in [-0.3, -0.25) is 4.57 Å². The number of aromatic nitrogens is 5. The fraction of sp³-hybridized carbons (Fsp3) is 0.714. The molecule has 0 fully saturated rings. The Bertz CT molecular complexity index is 802. The Labute approximate surface area is 156 Å². The number of ether oxygens (including phenoxy) is 1. The van der Waals surface area contributed by atoms with E-state index in [1.54, 1.807) is 27.7 Å². The Morgan fingerprint density at radius 3 is 2.30 bits per heavy atom. The predicted octanol–water partition coefficient (Wildman–Crippen LogP) is 1.74. The molecule has 152 valence electrons. The van der Waals surface area contributed by atoms with E-state index in [0.717, 1.165) is 0 Å². The lowest BCUT2D eigenvalue weighted by Crippen LogP contribution is -2.25. The van der Waals surface area contributed by atoms with Gasteiger partial charge in [0.05, 0.1) is 18.8 Å². The van der Waals surface area contributed by atoms with Gasteiger partial charge in [-0.25, -0.2) is 4.39 Å². The van der Waals surface area contributed by atoms with Crippen LogP contribution in [0.2, 0.25) is 0 Å². The van der Waals surface area contributed by atoms with Gasteiger partial charge in [0.1, 0.15) is 19.1 Å². The Kier molecular flexibility index (Phi) is 7.04. The first-order valence-electron chi connectivity index (χ1n) is 8.39. The smallest absolute Gasteiger partial charge is 0.356 e. The van der Waals surface area contributed by atoms with Gasteiger partial charge in [-0.05, 0) is 27.7 Å². The quantitative estimate of drug-likeness (QED) is 0.559. The molecule has 0 bridgehead atoms. The number of nitrogen functional groups attached to an aromatic ring is 2. The van der Waals surface area contributed by atoms with Gasteiger partial charge in [0.15, 0.2) is 11.3 Å². The molecule has 13 heteroatoms. The van der Waals surface area contributed by atoms with Crippen LogP contribution in [0.1, 0.15) is 27.7 Å². The van der Waals surface area contributed by atoms with E-state index >= 15 is 0 Å². The molecule has 0 radical (unpaired) electrons. The Balaban J connectivity index is 2.08. The molecular weight excluding hydrogens is 380 g/mol. The molecule has 0 saturated heterocycles. The van der Waals surface area contributed by atoms with Gasteiger partial charge in [0.2, 0.25) is 11.6 Å². The van der Waals surface area contributed by atoms with Crippen molar-refractivity contribution in [2.75, 3.05) is 24.5 Å². The lowest BCUT2D eigenvalue weighted by atomic mass is 10.4. The number of nitrogens with zero attached hydrogens (tertiary/aromatic N) is 5. The summed E-state index contributed by atoms with van der Waals surface area (Å²) < 4.78 is 42.3. The molecule has 0 saturated carbocycles. The third kappa shape index (κ3) is 6.06. The lowest BCUT2D eigenvalue weighted by molar-refractivity contribution is 0.0264. The summed E-state index contributed by atoms with van der Waals surface area (Å²) in [6.45, 7) is 5.97. The lowest BCUT2D eigenvalue weighted by Gasteiger charge is -2.24. The van der Waals surface area contributed by atoms with E-state index in [1.165, 1.54) is 4.80 Å². The van der Waals surface area contributed by atoms with Crippen molar-refractivity contribution in [3.05, 3.63) is 0 Å². The van der Waals surface area contributed by atoms with Crippen LogP contribution in [0.15, 0.2) is 0 Å². The van der Waals surface area contributed by atoms with Gasteiger partial charge in [-0.1, -0.05) is 0 Å². The summed E-state index contributed by atoms with van der Waals surface area (Å²) in [7, 11) is -3.54. The second-order valence-corrected chi connectivity index (χ2v) is 8.29. The van der Waals surface area contributed by atoms with Crippen molar-refractivity contribution in [2.24, 2.45) is 0 Å². The molecule has 0 aliphatic heterocycles. The molecule has 0 aliphatic carbocycles. The summed E-state index contributed by atoms with van der Waals surface area (Å²) in [6.07, 6.45) is -2.05. The van der Waals surface area contributed by atoms with E-state index in [4.69, 9.17) is 25.3 Å². The molecule has 11 nitrogen and oxygen atoms in total. The van der Waals surface area contributed by atoms with Crippen molar-refractivity contribution < 1.29 is 22.7 Å². The van der Waals surface area contributed by atoms with Gasteiger partial charge in [-0.15, -0.1) is 10.2 Å². The van der Waals surface area contributed by atoms with Crippen molar-refractivity contribution in [3.63, 3.8) is 0 Å². The van der Waals surface area contributed by atoms with Crippen molar-refractivity contribution in [2.45, 2.75) is 52.6 Å². The Hall–Kier alpha value is -1.88. The molecule has 2 rings (SSSR count). The van der Waals surface area contributed by atoms with Crippen molar-refractivity contribution in [3.8, 4) is 0 Å². The summed E-state index contributed by atoms with van der Waals surface area (Å²) in [5.41, 5.74) is 11.7. The maximum Gasteiger partial charge on any atom is 0.356 e. The fourth-order valence-corrected chi connectivity index (χ4v) is 4.07. The van der Waals surface area contributed by atoms with Crippen LogP contribution in [-0.4, -0.2) is 56.3 Å². The first-order valence-corrected chi connectivity index (χ1v) is 10.1. The van der Waals surface area contributed by atoms with E-state index < -0.39 is 26.7 Å². The number of rotatable bonds is 10. The van der Waals surface area contributed by atoms with Crippen LogP contribution in [0.5, 0.6) is 0 Å². The number of alkyl halides is 1. The predicted molar refractivity (Wildman–Crippen MR) is 97.7 cm³/mol. The first kappa shape index (κ1) is 21.4. The summed E-state index contributed by atoms with van der Waals surface area (Å²) >= 11 is 0. The van der Waals surface area contributed by atoms with Gasteiger partial charge in [0, 0.05) is 0 Å². The van der Waals surface area contributed by atoms with Gasteiger partial charge in [-0.2, -0.15) is 14.8 Å². The largest absolute Gasteiger partial charge is 0.382 e. The van der Waals surface area contributed by atoms with Gasteiger partial charge >= 0.3 is 7.60 Å². The van der Waals surface area contributed by atoms with Crippen LogP contribution >= 0.6 is 7.60 Å². The standard InChI is InChI=1S/C14H25FN7O4P/c1-8(2)25-27(23,26-9(3)4)7-24-10(5-15)6-22-20-11-12(16)18-14(17)19-13(11)21-22/h8-10H,5-7H2,1-4H3,(H4,16,17,18,19,21)/t10-/m1/s1. The molecular formula is C14H25FN7O4P. The molecule has 0 amide bonds. The minimum atomic E-state index is -3.54. The third-order valence-corrected chi connectivity index (χ3v) is 5.04. The number of nitrogens with two attached hydrogens (primary N) is 2. The summed E-state index contributed by atoms with van der Waals surface area (Å²) in [5.74, 6) is 0.0320. The zero-order valence-corrected chi connectivity index (χ0v) is 16.6. The maximum atomic E-state index is 13.4. The SMILES string of the molecule is CC(C)OP(=O)(CO[C@H](CF)Cn1nc2nc(N)nc(N)c2n1)OC(C)C. The molecule has 27 heavy (non-hydrogen) atoms. The summed E-state index contributed by atoms with van der Waals surface area (Å²) in [4.78, 5) is 8.88. The molecule has 0 spiro atoms. The maximum absolute atomic E-state index is 13.4. The molecule has 0 aromatic carbocycles. The van der Waals surface area contributed by atoms with Gasteiger partial charge < -0.3 is 25.3 Å². The third-order valence-electron chi connectivity index (χ3n) is 3.09. The summed E-state index contributed by atoms with van der Waals surface area (Å²) in [6, 6.07) is 0. The highest BCUT2D eigenvalue weighted by molar-refractivity contribution is 7.53. The normalized spacial score (nSPS) is 13.7. The van der Waals surface area contributed by atoms with E-state index in [-0.39, 0.29) is 41.7 Å². The molecule has 0 unspecified atom stereocenters. The number of hydrogen-bond donors (Lipinski definition) is 2. The number of hydrogen-bond acceptors (Lipinski definition) is 10. The number of anilines is 2. The molecule has 2 heterocycles. The molecule has 4 N–H and O–H groups in total. The molecule has 2 aromatic heterocycles. The minimum absolute atomic E-state index is 0.0389. The second kappa shape index (κ2) is 8.87. The number of fused-ring (bicyclic) bond motifs is 1. The number of halogens is 1. The molecule has 1 atom stereocenters. The van der Waals surface area contributed by atoms with E-state index in [2.05, 4.69) is 20.2 Å². The van der Waals surface area contributed by atoms with Crippen LogP contribution in [-0.2, 0) is 24.9 Å². The van der Waals surface area contributed by atoms with Crippen LogP contribution in [0.4, 0.5) is 16.2 Å². The second-order valence-electron chi connectivity index (χ2n) is 6.39. The van der Waals surface area contributed by atoms with Crippen molar-refractivity contribution in [1.29, 1.82) is 0 Å². The highest BCUT2D eigenvalue weighted by Crippen LogP contribution is 2.50. The fourth-order valence-electron chi connectivity index (χ4n) is 2.22. The van der Waals surface area contributed by atoms with Crippen LogP contribution < -0.4 is 11.5 Å². The monoisotopic (exact) mass is 405 g/mol. The van der Waals surface area contributed by atoms with Gasteiger partial charge in [0.25, 0.3) is 0 Å². The van der Waals surface area contributed by atoms with E-state index in [1.807, 2.05) is 0 Å². The van der Waals surface area contributed by atoms with Crippen LogP contribution in [0.25, 0.3) is 11.2 Å². The average molecular weight is 405 g/mol. The van der Waals surface area contributed by atoms with Crippen LogP contribution in [0, 0.1) is 0 Å². The van der Waals surface area contributed by atoms with E-state index in [0.29, 0.717) is 0 Å². The van der Waals surface area contributed by atoms with E-state index in [9.17, 15) is 8.96 Å². The molecule has 2 aromatic rings. The van der Waals surface area contributed by atoms with Crippen LogP contribution in [0.3, 0.4) is 0 Å². The molecule has 0 aliphatic rings. The average Bonchev–Trinajstić information content (AvgIpc) is 2.92. The zero-order chi connectivity index (χ0) is 20.2. The van der Waals surface area contributed by atoms with Crippen molar-refractivity contribution in [1.82, 2.24) is 25.0 Å². The first-order chi connectivity index (χ1) is 12.6. The topological polar surface area (TPSA) is 153 Å². The van der Waals surface area contributed by atoms with Crippen molar-refractivity contribution >= 4 is 30.5 Å². The summed E-state index contributed by atoms with van der Waals surface area (Å²) in [5, 5.41) is 8.18.